The van der Waals surface area contributed by atoms with Gasteiger partial charge >= 0.3 is 0 Å². The minimum absolute atomic E-state index is 0.0234. The zero-order valence-corrected chi connectivity index (χ0v) is 13.1. The van der Waals surface area contributed by atoms with Gasteiger partial charge in [0.1, 0.15) is 0 Å². The van der Waals surface area contributed by atoms with Crippen LogP contribution >= 0.6 is 0 Å². The lowest BCUT2D eigenvalue weighted by Crippen LogP contribution is -2.39. The van der Waals surface area contributed by atoms with E-state index in [1.165, 1.54) is 32.1 Å². The van der Waals surface area contributed by atoms with Crippen molar-refractivity contribution >= 4 is 0 Å². The normalized spacial score (nSPS) is 27.2. The van der Waals surface area contributed by atoms with Crippen LogP contribution in [0.5, 0.6) is 0 Å². The molecular formula is C16H33NO. The quantitative estimate of drug-likeness (QED) is 0.742. The molecule has 1 rings (SSSR count). The molecule has 1 aliphatic rings. The Bertz CT molecular complexity index is 219. The van der Waals surface area contributed by atoms with Gasteiger partial charge in [-0.2, -0.15) is 0 Å². The van der Waals surface area contributed by atoms with E-state index in [0.29, 0.717) is 6.04 Å². The predicted octanol–water partition coefficient (Wildman–Crippen LogP) is 4.00. The van der Waals surface area contributed by atoms with Gasteiger partial charge in [0, 0.05) is 13.2 Å². The van der Waals surface area contributed by atoms with Crippen LogP contribution in [-0.4, -0.2) is 25.3 Å². The largest absolute Gasteiger partial charge is 0.379 e. The molecule has 2 heteroatoms. The summed E-state index contributed by atoms with van der Waals surface area (Å²) in [6, 6.07) is 0.692. The van der Waals surface area contributed by atoms with Crippen molar-refractivity contribution in [1.82, 2.24) is 5.32 Å². The average Bonchev–Trinajstić information content (AvgIpc) is 2.36. The molecule has 0 amide bonds. The highest BCUT2D eigenvalue weighted by molar-refractivity contribution is 4.83. The van der Waals surface area contributed by atoms with Crippen LogP contribution in [0.15, 0.2) is 0 Å². The van der Waals surface area contributed by atoms with Crippen molar-refractivity contribution in [2.24, 2.45) is 11.8 Å². The minimum atomic E-state index is 0.0234. The Labute approximate surface area is 114 Å². The molecule has 108 valence electrons. The molecule has 1 saturated carbocycles. The van der Waals surface area contributed by atoms with E-state index in [9.17, 15) is 0 Å². The Morgan fingerprint density at radius 3 is 2.33 bits per heavy atom. The van der Waals surface area contributed by atoms with Gasteiger partial charge in [-0.3, -0.25) is 0 Å². The van der Waals surface area contributed by atoms with Gasteiger partial charge in [0.25, 0.3) is 0 Å². The van der Waals surface area contributed by atoms with Crippen LogP contribution in [0.2, 0.25) is 0 Å². The summed E-state index contributed by atoms with van der Waals surface area (Å²) < 4.78 is 5.54. The number of ether oxygens (including phenoxy) is 1. The molecule has 2 nitrogen and oxygen atoms in total. The van der Waals surface area contributed by atoms with Gasteiger partial charge in [0.2, 0.25) is 0 Å². The van der Waals surface area contributed by atoms with E-state index in [0.717, 1.165) is 24.8 Å². The summed E-state index contributed by atoms with van der Waals surface area (Å²) in [5.41, 5.74) is 0.0234. The first-order chi connectivity index (χ1) is 8.48. The van der Waals surface area contributed by atoms with E-state index >= 15 is 0 Å². The third-order valence-corrected chi connectivity index (χ3v) is 4.71. The van der Waals surface area contributed by atoms with Crippen LogP contribution in [0, 0.1) is 11.8 Å². The predicted molar refractivity (Wildman–Crippen MR) is 78.9 cm³/mol. The first-order valence-corrected chi connectivity index (χ1v) is 7.77. The second-order valence-corrected chi connectivity index (χ2v) is 6.69. The summed E-state index contributed by atoms with van der Waals surface area (Å²) in [4.78, 5) is 0. The number of hydrogen-bond acceptors (Lipinski definition) is 2. The average molecular weight is 255 g/mol. The molecule has 1 unspecified atom stereocenters. The van der Waals surface area contributed by atoms with Crippen molar-refractivity contribution in [3.8, 4) is 0 Å². The zero-order chi connectivity index (χ0) is 13.6. The Morgan fingerprint density at radius 1 is 1.22 bits per heavy atom. The molecule has 1 aliphatic carbocycles. The lowest BCUT2D eigenvalue weighted by atomic mass is 9.77. The van der Waals surface area contributed by atoms with Crippen LogP contribution in [0.3, 0.4) is 0 Å². The monoisotopic (exact) mass is 255 g/mol. The molecule has 1 N–H and O–H groups in total. The Balaban J connectivity index is 2.44. The maximum absolute atomic E-state index is 5.54. The number of nitrogens with one attached hydrogen (secondary N) is 1. The van der Waals surface area contributed by atoms with Crippen molar-refractivity contribution < 1.29 is 4.74 Å². The fourth-order valence-electron chi connectivity index (χ4n) is 3.06. The highest BCUT2D eigenvalue weighted by Gasteiger charge is 2.27. The molecule has 0 aromatic carbocycles. The molecule has 1 fully saturated rings. The summed E-state index contributed by atoms with van der Waals surface area (Å²) in [5.74, 6) is 1.83. The van der Waals surface area contributed by atoms with Crippen molar-refractivity contribution in [2.75, 3.05) is 13.7 Å². The minimum Gasteiger partial charge on any atom is -0.379 e. The third kappa shape index (κ3) is 5.27. The van der Waals surface area contributed by atoms with Crippen LogP contribution in [0.1, 0.15) is 66.2 Å². The van der Waals surface area contributed by atoms with Gasteiger partial charge in [-0.15, -0.1) is 0 Å². The van der Waals surface area contributed by atoms with Crippen LogP contribution in [0.4, 0.5) is 0 Å². The molecule has 0 spiro atoms. The Morgan fingerprint density at radius 2 is 1.83 bits per heavy atom. The lowest BCUT2D eigenvalue weighted by molar-refractivity contribution is 0.00935. The summed E-state index contributed by atoms with van der Waals surface area (Å²) in [5, 5.41) is 3.71. The second kappa shape index (κ2) is 7.49. The second-order valence-electron chi connectivity index (χ2n) is 6.69. The van der Waals surface area contributed by atoms with Crippen molar-refractivity contribution in [2.45, 2.75) is 77.9 Å². The van der Waals surface area contributed by atoms with Crippen LogP contribution in [-0.2, 0) is 4.74 Å². The van der Waals surface area contributed by atoms with Gasteiger partial charge in [-0.1, -0.05) is 26.7 Å². The molecular weight excluding hydrogens is 222 g/mol. The van der Waals surface area contributed by atoms with E-state index in [1.807, 2.05) is 7.11 Å². The highest BCUT2D eigenvalue weighted by Crippen LogP contribution is 2.32. The van der Waals surface area contributed by atoms with Crippen molar-refractivity contribution in [3.05, 3.63) is 0 Å². The first-order valence-electron chi connectivity index (χ1n) is 7.77. The SMILES string of the molecule is CCNC(CCC(C)(C)OC)C1CCC(C)CC1. The molecule has 18 heavy (non-hydrogen) atoms. The van der Waals surface area contributed by atoms with Gasteiger partial charge in [-0.25, -0.2) is 0 Å². The third-order valence-electron chi connectivity index (χ3n) is 4.71. The Hall–Kier alpha value is -0.0800. The molecule has 0 aromatic heterocycles. The molecule has 0 saturated heterocycles. The van der Waals surface area contributed by atoms with Crippen LogP contribution < -0.4 is 5.32 Å². The molecule has 0 bridgehead atoms. The van der Waals surface area contributed by atoms with Crippen molar-refractivity contribution in [3.63, 3.8) is 0 Å². The van der Waals surface area contributed by atoms with Gasteiger partial charge in [0.15, 0.2) is 0 Å². The summed E-state index contributed by atoms with van der Waals surface area (Å²) in [6.07, 6.45) is 8.04. The topological polar surface area (TPSA) is 21.3 Å². The number of methoxy groups -OCH3 is 1. The van der Waals surface area contributed by atoms with Gasteiger partial charge in [0.05, 0.1) is 5.60 Å². The number of rotatable bonds is 7. The smallest absolute Gasteiger partial charge is 0.0623 e. The summed E-state index contributed by atoms with van der Waals surface area (Å²) >= 11 is 0. The summed E-state index contributed by atoms with van der Waals surface area (Å²) in [7, 11) is 1.82. The highest BCUT2D eigenvalue weighted by atomic mass is 16.5. The maximum Gasteiger partial charge on any atom is 0.0623 e. The van der Waals surface area contributed by atoms with E-state index in [-0.39, 0.29) is 5.60 Å². The molecule has 0 heterocycles. The van der Waals surface area contributed by atoms with E-state index in [1.54, 1.807) is 0 Å². The van der Waals surface area contributed by atoms with Gasteiger partial charge < -0.3 is 10.1 Å². The van der Waals surface area contributed by atoms with Crippen LogP contribution in [0.25, 0.3) is 0 Å². The summed E-state index contributed by atoms with van der Waals surface area (Å²) in [6.45, 7) is 10.1. The molecule has 0 radical (unpaired) electrons. The first kappa shape index (κ1) is 16.0. The standard InChI is InChI=1S/C16H33NO/c1-6-17-15(11-12-16(3,4)18-5)14-9-7-13(2)8-10-14/h13-15,17H,6-12H2,1-5H3. The Kier molecular flexibility index (Phi) is 6.65. The fraction of sp³-hybridized carbons (Fsp3) is 1.00. The van der Waals surface area contributed by atoms with E-state index < -0.39 is 0 Å². The molecule has 0 aromatic rings. The number of hydrogen-bond donors (Lipinski definition) is 1. The van der Waals surface area contributed by atoms with Crippen molar-refractivity contribution in [1.29, 1.82) is 0 Å². The lowest BCUT2D eigenvalue weighted by Gasteiger charge is -2.35. The van der Waals surface area contributed by atoms with Gasteiger partial charge in [-0.05, 0) is 57.9 Å². The van der Waals surface area contributed by atoms with E-state index in [4.69, 9.17) is 4.74 Å². The molecule has 0 aliphatic heterocycles. The molecule has 1 atom stereocenters. The fourth-order valence-corrected chi connectivity index (χ4v) is 3.06. The zero-order valence-electron chi connectivity index (χ0n) is 13.1. The maximum atomic E-state index is 5.54. The van der Waals surface area contributed by atoms with E-state index in [2.05, 4.69) is 33.0 Å².